The predicted molar refractivity (Wildman–Crippen MR) is 25.7 cm³/mol. The first-order valence-electron chi connectivity index (χ1n) is 1.55. The molecular formula is C5H8FeO. The molecule has 0 aliphatic rings. The van der Waals surface area contributed by atoms with Gasteiger partial charge in [-0.05, 0) is 6.92 Å². The summed E-state index contributed by atoms with van der Waals surface area (Å²) in [6.07, 6.45) is 1.72. The molecule has 0 N–H and O–H groups in total. The van der Waals surface area contributed by atoms with E-state index in [0.29, 0.717) is 0 Å². The Hall–Kier alpha value is -0.0405. The molecule has 2 heteroatoms. The molecular weight excluding hydrogens is 132 g/mol. The van der Waals surface area contributed by atoms with Gasteiger partial charge in [-0.3, -0.25) is 0 Å². The maximum absolute atomic E-state index is 3.56. The van der Waals surface area contributed by atoms with Crippen LogP contribution in [0.5, 0.6) is 0 Å². The van der Waals surface area contributed by atoms with E-state index < -0.39 is 0 Å². The summed E-state index contributed by atoms with van der Waals surface area (Å²) in [5.74, 6) is 0. The Morgan fingerprint density at radius 1 is 1.57 bits per heavy atom. The molecule has 0 fully saturated rings. The molecule has 0 amide bonds. The summed E-state index contributed by atoms with van der Waals surface area (Å²) in [5, 5.41) is 0. The molecule has 0 aliphatic carbocycles. The molecule has 7 heavy (non-hydrogen) atoms. The van der Waals surface area contributed by atoms with Crippen LogP contribution in [0.2, 0.25) is 0 Å². The molecule has 42 valence electrons. The van der Waals surface area contributed by atoms with Gasteiger partial charge in [0.1, 0.15) is 0 Å². The Kier molecular flexibility index (Phi) is 21.1. The number of allylic oxidation sites excluding steroid dienone is 2. The molecule has 0 rings (SSSR count). The zero-order chi connectivity index (χ0) is 4.28. The van der Waals surface area contributed by atoms with Gasteiger partial charge >= 0.3 is 17.1 Å². The van der Waals surface area contributed by atoms with Gasteiger partial charge < -0.3 is 5.48 Å². The van der Waals surface area contributed by atoms with Crippen LogP contribution in [0.25, 0.3) is 0 Å². The minimum atomic E-state index is 0. The monoisotopic (exact) mass is 140 g/mol. The second-order valence-electron chi connectivity index (χ2n) is 1.05. The molecule has 0 aromatic rings. The van der Waals surface area contributed by atoms with Gasteiger partial charge in [0, 0.05) is 0 Å². The summed E-state index contributed by atoms with van der Waals surface area (Å²) >= 11 is 0. The summed E-state index contributed by atoms with van der Waals surface area (Å²) < 4.78 is 0. The van der Waals surface area contributed by atoms with Crippen LogP contribution in [0.3, 0.4) is 0 Å². The maximum atomic E-state index is 3.56. The number of rotatable bonds is 1. The predicted octanol–water partition coefficient (Wildman–Crippen LogP) is 1.63. The third-order valence-corrected chi connectivity index (χ3v) is 0.348. The smallest absolute Gasteiger partial charge is 2.00 e. The molecule has 1 nitrogen and oxygen atoms in total. The molecule has 0 unspecified atom stereocenters. The minimum absolute atomic E-state index is 0. The fourth-order valence-corrected chi connectivity index (χ4v) is 0. The number of hydrogen-bond donors (Lipinski definition) is 0. The van der Waals surface area contributed by atoms with E-state index in [0.717, 1.165) is 5.57 Å². The Morgan fingerprint density at radius 2 is 1.71 bits per heavy atom. The SMILES string of the molecule is C=CC(=C)C.[Fe+2].[O-2]. The van der Waals surface area contributed by atoms with Crippen LogP contribution in [0.1, 0.15) is 6.92 Å². The molecule has 0 spiro atoms. The van der Waals surface area contributed by atoms with Gasteiger partial charge in [-0.15, -0.1) is 0 Å². The van der Waals surface area contributed by atoms with Crippen molar-refractivity contribution in [2.75, 3.05) is 0 Å². The molecule has 0 bridgehead atoms. The first kappa shape index (κ1) is 15.8. The van der Waals surface area contributed by atoms with Crippen molar-refractivity contribution in [3.63, 3.8) is 0 Å². The molecule has 0 aromatic carbocycles. The van der Waals surface area contributed by atoms with Crippen molar-refractivity contribution < 1.29 is 22.5 Å². The molecule has 0 atom stereocenters. The van der Waals surface area contributed by atoms with Crippen molar-refractivity contribution >= 4 is 0 Å². The van der Waals surface area contributed by atoms with Gasteiger partial charge in [0.25, 0.3) is 0 Å². The van der Waals surface area contributed by atoms with Crippen LogP contribution in [0.4, 0.5) is 0 Å². The molecule has 0 aliphatic heterocycles. The minimum Gasteiger partial charge on any atom is -2.00 e. The second kappa shape index (κ2) is 9.35. The third-order valence-electron chi connectivity index (χ3n) is 0.348. The zero-order valence-corrected chi connectivity index (χ0v) is 5.36. The van der Waals surface area contributed by atoms with Crippen molar-refractivity contribution in [2.45, 2.75) is 6.92 Å². The summed E-state index contributed by atoms with van der Waals surface area (Å²) in [7, 11) is 0. The van der Waals surface area contributed by atoms with Crippen molar-refractivity contribution in [1.82, 2.24) is 0 Å². The Bertz CT molecular complexity index is 59.1. The van der Waals surface area contributed by atoms with E-state index in [4.69, 9.17) is 0 Å². The Labute approximate surface area is 54.9 Å². The first-order valence-corrected chi connectivity index (χ1v) is 1.55. The first-order chi connectivity index (χ1) is 2.27. The number of hydrogen-bond acceptors (Lipinski definition) is 0. The van der Waals surface area contributed by atoms with E-state index in [1.54, 1.807) is 6.08 Å². The average Bonchev–Trinajstić information content (AvgIpc) is 1.38. The van der Waals surface area contributed by atoms with Crippen LogP contribution in [0.15, 0.2) is 24.8 Å². The van der Waals surface area contributed by atoms with Gasteiger partial charge in [-0.2, -0.15) is 0 Å². The van der Waals surface area contributed by atoms with Crippen molar-refractivity contribution in [3.8, 4) is 0 Å². The van der Waals surface area contributed by atoms with Gasteiger partial charge in [0.2, 0.25) is 0 Å². The quantitative estimate of drug-likeness (QED) is 0.391. The zero-order valence-electron chi connectivity index (χ0n) is 4.25. The molecule has 0 heterocycles. The molecule has 0 radical (unpaired) electrons. The summed E-state index contributed by atoms with van der Waals surface area (Å²) in [6, 6.07) is 0. The maximum Gasteiger partial charge on any atom is 2.00 e. The van der Waals surface area contributed by atoms with E-state index in [1.165, 1.54) is 0 Å². The normalized spacial score (nSPS) is 4.71. The van der Waals surface area contributed by atoms with Gasteiger partial charge in [-0.25, -0.2) is 0 Å². The molecule has 0 saturated heterocycles. The van der Waals surface area contributed by atoms with Crippen LogP contribution in [-0.4, -0.2) is 0 Å². The Morgan fingerprint density at radius 3 is 1.71 bits per heavy atom. The topological polar surface area (TPSA) is 28.5 Å². The average molecular weight is 140 g/mol. The summed E-state index contributed by atoms with van der Waals surface area (Å²) in [6.45, 7) is 8.93. The van der Waals surface area contributed by atoms with Crippen molar-refractivity contribution in [2.24, 2.45) is 0 Å². The van der Waals surface area contributed by atoms with Crippen molar-refractivity contribution in [1.29, 1.82) is 0 Å². The van der Waals surface area contributed by atoms with E-state index in [9.17, 15) is 0 Å². The van der Waals surface area contributed by atoms with E-state index in [-0.39, 0.29) is 22.5 Å². The standard InChI is InChI=1S/C5H8.Fe.O/c1-4-5(2)3;;/h4H,1-2H2,3H3;;/q;+2;-2. The van der Waals surface area contributed by atoms with Crippen LogP contribution < -0.4 is 0 Å². The van der Waals surface area contributed by atoms with Crippen LogP contribution in [0, 0.1) is 0 Å². The fraction of sp³-hybridized carbons (Fsp3) is 0.200. The van der Waals surface area contributed by atoms with E-state index >= 15 is 0 Å². The van der Waals surface area contributed by atoms with Gasteiger partial charge in [-0.1, -0.05) is 24.8 Å². The fourth-order valence-electron chi connectivity index (χ4n) is 0. The van der Waals surface area contributed by atoms with Gasteiger partial charge in [0.05, 0.1) is 0 Å². The second-order valence-corrected chi connectivity index (χ2v) is 1.05. The summed E-state index contributed by atoms with van der Waals surface area (Å²) in [5.41, 5.74) is 1.02. The van der Waals surface area contributed by atoms with Crippen LogP contribution in [-0.2, 0) is 22.5 Å². The van der Waals surface area contributed by atoms with E-state index in [2.05, 4.69) is 13.2 Å². The van der Waals surface area contributed by atoms with E-state index in [1.807, 2.05) is 6.92 Å². The summed E-state index contributed by atoms with van der Waals surface area (Å²) in [4.78, 5) is 0. The molecule has 0 aromatic heterocycles. The largest absolute Gasteiger partial charge is 2.00 e. The molecule has 0 saturated carbocycles. The third kappa shape index (κ3) is 24.3. The Balaban J connectivity index is -0.0000000800. The van der Waals surface area contributed by atoms with Crippen LogP contribution >= 0.6 is 0 Å². The van der Waals surface area contributed by atoms with Crippen molar-refractivity contribution in [3.05, 3.63) is 24.8 Å². The van der Waals surface area contributed by atoms with Gasteiger partial charge in [0.15, 0.2) is 0 Å².